The van der Waals surface area contributed by atoms with E-state index in [4.69, 9.17) is 4.74 Å². The lowest BCUT2D eigenvalue weighted by molar-refractivity contribution is -0.385. The Hall–Kier alpha value is -1.78. The number of benzene rings is 1. The second-order valence-corrected chi connectivity index (χ2v) is 5.85. The van der Waals surface area contributed by atoms with E-state index < -0.39 is 4.92 Å². The Morgan fingerprint density at radius 1 is 1.38 bits per heavy atom. The summed E-state index contributed by atoms with van der Waals surface area (Å²) in [5.74, 6) is 0.353. The minimum absolute atomic E-state index is 0.0304. The minimum Gasteiger partial charge on any atom is -0.487 e. The van der Waals surface area contributed by atoms with Gasteiger partial charge in [0.2, 0.25) is 0 Å². The number of rotatable bonds is 8. The fraction of sp³-hybridized carbons (Fsp3) is 0.625. The van der Waals surface area contributed by atoms with Crippen molar-refractivity contribution < 1.29 is 9.66 Å². The SMILES string of the molecule is CCCOc1cc(NCC2(CC)CCC2)ccc1[N+](=O)[O-]. The summed E-state index contributed by atoms with van der Waals surface area (Å²) in [6, 6.07) is 5.03. The fourth-order valence-electron chi connectivity index (χ4n) is 2.72. The molecular weight excluding hydrogens is 268 g/mol. The van der Waals surface area contributed by atoms with Crippen LogP contribution in [-0.2, 0) is 0 Å². The second kappa shape index (κ2) is 6.78. The topological polar surface area (TPSA) is 64.4 Å². The van der Waals surface area contributed by atoms with E-state index >= 15 is 0 Å². The molecule has 0 aliphatic heterocycles. The first kappa shape index (κ1) is 15.6. The summed E-state index contributed by atoms with van der Waals surface area (Å²) in [6.07, 6.45) is 5.84. The van der Waals surface area contributed by atoms with E-state index in [0.29, 0.717) is 17.8 Å². The second-order valence-electron chi connectivity index (χ2n) is 5.85. The van der Waals surface area contributed by atoms with Crippen LogP contribution < -0.4 is 10.1 Å². The van der Waals surface area contributed by atoms with Gasteiger partial charge in [-0.1, -0.05) is 20.3 Å². The van der Waals surface area contributed by atoms with Gasteiger partial charge in [0.1, 0.15) is 0 Å². The first-order valence-corrected chi connectivity index (χ1v) is 7.75. The molecule has 0 amide bonds. The zero-order chi connectivity index (χ0) is 15.3. The summed E-state index contributed by atoms with van der Waals surface area (Å²) in [4.78, 5) is 10.6. The van der Waals surface area contributed by atoms with Crippen LogP contribution in [0.3, 0.4) is 0 Å². The third kappa shape index (κ3) is 3.65. The number of hydrogen-bond donors (Lipinski definition) is 1. The average Bonchev–Trinajstić information content (AvgIpc) is 2.44. The van der Waals surface area contributed by atoms with Gasteiger partial charge in [0.05, 0.1) is 11.5 Å². The maximum Gasteiger partial charge on any atom is 0.311 e. The van der Waals surface area contributed by atoms with Crippen molar-refractivity contribution >= 4 is 11.4 Å². The smallest absolute Gasteiger partial charge is 0.311 e. The number of nitrogens with zero attached hydrogens (tertiary/aromatic N) is 1. The van der Waals surface area contributed by atoms with E-state index in [0.717, 1.165) is 18.7 Å². The molecule has 1 aromatic rings. The molecule has 21 heavy (non-hydrogen) atoms. The van der Waals surface area contributed by atoms with Gasteiger partial charge in [0.15, 0.2) is 5.75 Å². The van der Waals surface area contributed by atoms with Crippen LogP contribution in [0.2, 0.25) is 0 Å². The Morgan fingerprint density at radius 2 is 2.14 bits per heavy atom. The third-order valence-corrected chi connectivity index (χ3v) is 4.45. The van der Waals surface area contributed by atoms with Crippen LogP contribution in [0.25, 0.3) is 0 Å². The van der Waals surface area contributed by atoms with Crippen LogP contribution in [-0.4, -0.2) is 18.1 Å². The van der Waals surface area contributed by atoms with Crippen molar-refractivity contribution in [2.45, 2.75) is 46.0 Å². The van der Waals surface area contributed by atoms with Crippen molar-refractivity contribution in [3.8, 4) is 5.75 Å². The first-order chi connectivity index (χ1) is 10.1. The van der Waals surface area contributed by atoms with Gasteiger partial charge in [-0.15, -0.1) is 0 Å². The molecule has 1 aromatic carbocycles. The molecule has 1 saturated carbocycles. The summed E-state index contributed by atoms with van der Waals surface area (Å²) >= 11 is 0. The lowest BCUT2D eigenvalue weighted by Gasteiger charge is -2.41. The predicted molar refractivity (Wildman–Crippen MR) is 83.9 cm³/mol. The van der Waals surface area contributed by atoms with E-state index in [1.54, 1.807) is 12.1 Å². The number of anilines is 1. The number of ether oxygens (including phenoxy) is 1. The molecule has 0 saturated heterocycles. The van der Waals surface area contributed by atoms with E-state index in [1.165, 1.54) is 31.7 Å². The summed E-state index contributed by atoms with van der Waals surface area (Å²) in [6.45, 7) is 5.62. The zero-order valence-electron chi connectivity index (χ0n) is 12.9. The molecule has 2 rings (SSSR count). The molecule has 116 valence electrons. The molecule has 0 unspecified atom stereocenters. The van der Waals surface area contributed by atoms with E-state index in [-0.39, 0.29) is 5.69 Å². The molecule has 0 radical (unpaired) electrons. The molecule has 0 atom stereocenters. The Kier molecular flexibility index (Phi) is 5.04. The lowest BCUT2D eigenvalue weighted by atomic mass is 9.67. The average molecular weight is 292 g/mol. The largest absolute Gasteiger partial charge is 0.487 e. The van der Waals surface area contributed by atoms with Gasteiger partial charge < -0.3 is 10.1 Å². The molecule has 0 heterocycles. The monoisotopic (exact) mass is 292 g/mol. The van der Waals surface area contributed by atoms with Crippen LogP contribution in [0.4, 0.5) is 11.4 Å². The normalized spacial score (nSPS) is 16.1. The highest BCUT2D eigenvalue weighted by molar-refractivity contribution is 5.58. The van der Waals surface area contributed by atoms with Gasteiger partial charge in [-0.25, -0.2) is 0 Å². The zero-order valence-corrected chi connectivity index (χ0v) is 12.9. The van der Waals surface area contributed by atoms with E-state index in [2.05, 4.69) is 12.2 Å². The van der Waals surface area contributed by atoms with Gasteiger partial charge >= 0.3 is 5.69 Å². The minimum atomic E-state index is -0.395. The maximum atomic E-state index is 11.0. The van der Waals surface area contributed by atoms with Crippen LogP contribution in [0.5, 0.6) is 5.75 Å². The summed E-state index contributed by atoms with van der Waals surface area (Å²) in [5.41, 5.74) is 1.33. The molecule has 1 fully saturated rings. The molecule has 5 nitrogen and oxygen atoms in total. The standard InChI is InChI=1S/C16H24N2O3/c1-3-10-21-15-11-13(6-7-14(15)18(19)20)17-12-16(4-2)8-5-9-16/h6-7,11,17H,3-5,8-10,12H2,1-2H3. The van der Waals surface area contributed by atoms with Crippen LogP contribution >= 0.6 is 0 Å². The van der Waals surface area contributed by atoms with E-state index in [1.807, 2.05) is 6.92 Å². The molecule has 1 N–H and O–H groups in total. The first-order valence-electron chi connectivity index (χ1n) is 7.75. The number of nitrogens with one attached hydrogen (secondary N) is 1. The Labute approximate surface area is 125 Å². The van der Waals surface area contributed by atoms with Gasteiger partial charge in [-0.3, -0.25) is 10.1 Å². The van der Waals surface area contributed by atoms with Crippen LogP contribution in [0.15, 0.2) is 18.2 Å². The predicted octanol–water partition coefficient (Wildman–Crippen LogP) is 4.38. The Morgan fingerprint density at radius 3 is 2.67 bits per heavy atom. The molecule has 0 aromatic heterocycles. The summed E-state index contributed by atoms with van der Waals surface area (Å²) < 4.78 is 5.51. The molecule has 0 bridgehead atoms. The summed E-state index contributed by atoms with van der Waals surface area (Å²) in [5, 5.41) is 14.4. The van der Waals surface area contributed by atoms with Crippen molar-refractivity contribution in [2.75, 3.05) is 18.5 Å². The Bertz CT molecular complexity index is 493. The summed E-state index contributed by atoms with van der Waals surface area (Å²) in [7, 11) is 0. The molecule has 1 aliphatic carbocycles. The molecule has 0 spiro atoms. The highest BCUT2D eigenvalue weighted by Gasteiger charge is 2.34. The van der Waals surface area contributed by atoms with Crippen LogP contribution in [0.1, 0.15) is 46.0 Å². The van der Waals surface area contributed by atoms with Crippen molar-refractivity contribution in [3.05, 3.63) is 28.3 Å². The van der Waals surface area contributed by atoms with Crippen molar-refractivity contribution in [2.24, 2.45) is 5.41 Å². The number of nitro benzene ring substituents is 1. The van der Waals surface area contributed by atoms with Crippen LogP contribution in [0, 0.1) is 15.5 Å². The molecular formula is C16H24N2O3. The highest BCUT2D eigenvalue weighted by Crippen LogP contribution is 2.44. The van der Waals surface area contributed by atoms with Gasteiger partial charge in [-0.2, -0.15) is 0 Å². The van der Waals surface area contributed by atoms with E-state index in [9.17, 15) is 10.1 Å². The molecule has 5 heteroatoms. The highest BCUT2D eigenvalue weighted by atomic mass is 16.6. The van der Waals surface area contributed by atoms with Crippen molar-refractivity contribution in [1.82, 2.24) is 0 Å². The number of nitro groups is 1. The maximum absolute atomic E-state index is 11.0. The van der Waals surface area contributed by atoms with Gasteiger partial charge in [0.25, 0.3) is 0 Å². The lowest BCUT2D eigenvalue weighted by Crippen LogP contribution is -2.35. The Balaban J connectivity index is 2.07. The van der Waals surface area contributed by atoms with Gasteiger partial charge in [0, 0.05) is 24.4 Å². The molecule has 1 aliphatic rings. The van der Waals surface area contributed by atoms with Crippen molar-refractivity contribution in [3.63, 3.8) is 0 Å². The number of hydrogen-bond acceptors (Lipinski definition) is 4. The van der Waals surface area contributed by atoms with Crippen molar-refractivity contribution in [1.29, 1.82) is 0 Å². The quantitative estimate of drug-likeness (QED) is 0.570. The fourth-order valence-corrected chi connectivity index (χ4v) is 2.72. The third-order valence-electron chi connectivity index (χ3n) is 4.45. The van der Waals surface area contributed by atoms with Gasteiger partial charge in [-0.05, 0) is 37.2 Å².